The Hall–Kier alpha value is -1.64. The zero-order valence-electron chi connectivity index (χ0n) is 14.3. The Morgan fingerprint density at radius 1 is 0.913 bits per heavy atom. The highest BCUT2D eigenvalue weighted by Crippen LogP contribution is 2.63. The first kappa shape index (κ1) is 14.9. The van der Waals surface area contributed by atoms with E-state index < -0.39 is 16.6 Å². The molecular formula is C21H24O2. The number of aliphatic hydroxyl groups is 2. The molecule has 0 aromatic heterocycles. The summed E-state index contributed by atoms with van der Waals surface area (Å²) < 4.78 is 0. The van der Waals surface area contributed by atoms with Gasteiger partial charge in [-0.1, -0.05) is 50.2 Å². The summed E-state index contributed by atoms with van der Waals surface area (Å²) in [5.41, 5.74) is 5.48. The van der Waals surface area contributed by atoms with Gasteiger partial charge in [0.2, 0.25) is 0 Å². The summed E-state index contributed by atoms with van der Waals surface area (Å²) in [6.45, 7) is 8.13. The van der Waals surface area contributed by atoms with Gasteiger partial charge in [0.1, 0.15) is 0 Å². The molecule has 23 heavy (non-hydrogen) atoms. The van der Waals surface area contributed by atoms with E-state index in [1.165, 1.54) is 16.7 Å². The minimum absolute atomic E-state index is 0.712. The molecule has 0 aliphatic heterocycles. The summed E-state index contributed by atoms with van der Waals surface area (Å²) in [4.78, 5) is 0. The van der Waals surface area contributed by atoms with E-state index in [9.17, 15) is 10.2 Å². The minimum Gasteiger partial charge on any atom is -0.364 e. The molecule has 2 aromatic rings. The average Bonchev–Trinajstić information content (AvgIpc) is 2.95. The maximum atomic E-state index is 11.4. The van der Waals surface area contributed by atoms with Crippen molar-refractivity contribution in [3.8, 4) is 0 Å². The number of rotatable bonds is 0. The molecule has 0 saturated carbocycles. The predicted octanol–water partition coefficient (Wildman–Crippen LogP) is 3.51. The molecular weight excluding hydrogens is 284 g/mol. The van der Waals surface area contributed by atoms with E-state index in [4.69, 9.17) is 0 Å². The number of benzene rings is 2. The van der Waals surface area contributed by atoms with Gasteiger partial charge >= 0.3 is 0 Å². The standard InChI is InChI=1S/C21H24O2/c1-13-9-10-17-18(14(13)2)19(3,4)21(22,23)20(17)12-11-15-7-5-6-8-16(15)20/h5-10,22-23H,11-12H2,1-4H3. The van der Waals surface area contributed by atoms with Gasteiger partial charge < -0.3 is 10.2 Å². The molecule has 2 aromatic carbocycles. The topological polar surface area (TPSA) is 40.5 Å². The number of fused-ring (bicyclic) bond motifs is 4. The second kappa shape index (κ2) is 4.25. The first-order valence-corrected chi connectivity index (χ1v) is 8.39. The summed E-state index contributed by atoms with van der Waals surface area (Å²) in [5, 5.41) is 22.8. The molecule has 0 radical (unpaired) electrons. The van der Waals surface area contributed by atoms with Crippen molar-refractivity contribution < 1.29 is 10.2 Å². The lowest BCUT2D eigenvalue weighted by atomic mass is 9.68. The second-order valence-corrected chi connectivity index (χ2v) is 7.79. The molecule has 2 aliphatic carbocycles. The third-order valence-electron chi connectivity index (χ3n) is 6.53. The molecule has 2 aliphatic rings. The molecule has 120 valence electrons. The normalized spacial score (nSPS) is 26.3. The van der Waals surface area contributed by atoms with Crippen LogP contribution in [-0.4, -0.2) is 16.0 Å². The van der Waals surface area contributed by atoms with E-state index in [1.807, 2.05) is 26.0 Å². The van der Waals surface area contributed by atoms with Crippen molar-refractivity contribution in [2.75, 3.05) is 0 Å². The van der Waals surface area contributed by atoms with Crippen LogP contribution in [0.3, 0.4) is 0 Å². The van der Waals surface area contributed by atoms with Crippen LogP contribution < -0.4 is 0 Å². The van der Waals surface area contributed by atoms with Gasteiger partial charge in [0.25, 0.3) is 0 Å². The maximum absolute atomic E-state index is 11.4. The maximum Gasteiger partial charge on any atom is 0.186 e. The zero-order chi connectivity index (χ0) is 16.6. The predicted molar refractivity (Wildman–Crippen MR) is 91.7 cm³/mol. The van der Waals surface area contributed by atoms with E-state index in [1.54, 1.807) is 0 Å². The van der Waals surface area contributed by atoms with Crippen molar-refractivity contribution >= 4 is 0 Å². The molecule has 0 fully saturated rings. The Balaban J connectivity index is 2.14. The summed E-state index contributed by atoms with van der Waals surface area (Å²) in [6, 6.07) is 12.5. The van der Waals surface area contributed by atoms with Gasteiger partial charge in [0.15, 0.2) is 5.79 Å². The molecule has 1 atom stereocenters. The van der Waals surface area contributed by atoms with Crippen LogP contribution in [0.25, 0.3) is 0 Å². The molecule has 2 heteroatoms. The van der Waals surface area contributed by atoms with Gasteiger partial charge in [-0.3, -0.25) is 0 Å². The number of hydrogen-bond donors (Lipinski definition) is 2. The number of aryl methyl sites for hydroxylation is 2. The van der Waals surface area contributed by atoms with Crippen molar-refractivity contribution in [2.24, 2.45) is 0 Å². The lowest BCUT2D eigenvalue weighted by molar-refractivity contribution is -0.233. The smallest absolute Gasteiger partial charge is 0.186 e. The molecule has 0 heterocycles. The van der Waals surface area contributed by atoms with Gasteiger partial charge in [-0.15, -0.1) is 0 Å². The van der Waals surface area contributed by atoms with Crippen LogP contribution in [0.4, 0.5) is 0 Å². The van der Waals surface area contributed by atoms with Crippen molar-refractivity contribution in [1.82, 2.24) is 0 Å². The number of hydrogen-bond acceptors (Lipinski definition) is 2. The van der Waals surface area contributed by atoms with E-state index in [2.05, 4.69) is 38.1 Å². The fraction of sp³-hybridized carbons (Fsp3) is 0.429. The summed E-state index contributed by atoms with van der Waals surface area (Å²) in [5.74, 6) is -1.80. The second-order valence-electron chi connectivity index (χ2n) is 7.79. The van der Waals surface area contributed by atoms with Crippen LogP contribution in [0.5, 0.6) is 0 Å². The molecule has 1 spiro atoms. The minimum atomic E-state index is -1.80. The summed E-state index contributed by atoms with van der Waals surface area (Å²) in [7, 11) is 0. The van der Waals surface area contributed by atoms with E-state index in [-0.39, 0.29) is 0 Å². The third kappa shape index (κ3) is 1.47. The Labute approximate surface area is 137 Å². The van der Waals surface area contributed by atoms with Gasteiger partial charge in [0.05, 0.1) is 5.41 Å². The van der Waals surface area contributed by atoms with Gasteiger partial charge in [0, 0.05) is 5.41 Å². The average molecular weight is 308 g/mol. The van der Waals surface area contributed by atoms with Crippen molar-refractivity contribution in [2.45, 2.75) is 57.2 Å². The Morgan fingerprint density at radius 3 is 2.35 bits per heavy atom. The van der Waals surface area contributed by atoms with Crippen LogP contribution in [0.2, 0.25) is 0 Å². The van der Waals surface area contributed by atoms with Crippen LogP contribution in [0, 0.1) is 13.8 Å². The Bertz CT molecular complexity index is 817. The van der Waals surface area contributed by atoms with E-state index >= 15 is 0 Å². The Morgan fingerprint density at radius 2 is 1.61 bits per heavy atom. The molecule has 2 N–H and O–H groups in total. The molecule has 0 bridgehead atoms. The molecule has 0 amide bonds. The monoisotopic (exact) mass is 308 g/mol. The first-order chi connectivity index (χ1) is 10.7. The molecule has 2 nitrogen and oxygen atoms in total. The van der Waals surface area contributed by atoms with Crippen molar-refractivity contribution in [1.29, 1.82) is 0 Å². The van der Waals surface area contributed by atoms with Crippen molar-refractivity contribution in [3.63, 3.8) is 0 Å². The van der Waals surface area contributed by atoms with Crippen LogP contribution >= 0.6 is 0 Å². The van der Waals surface area contributed by atoms with E-state index in [0.29, 0.717) is 0 Å². The molecule has 0 saturated heterocycles. The zero-order valence-corrected chi connectivity index (χ0v) is 14.3. The highest BCUT2D eigenvalue weighted by molar-refractivity contribution is 5.63. The summed E-state index contributed by atoms with van der Waals surface area (Å²) in [6.07, 6.45) is 1.64. The third-order valence-corrected chi connectivity index (χ3v) is 6.53. The SMILES string of the molecule is Cc1ccc2c(c1C)C(C)(C)C(O)(O)C21CCc2ccccc21. The molecule has 1 unspecified atom stereocenters. The lowest BCUT2D eigenvalue weighted by Crippen LogP contribution is -2.56. The highest BCUT2D eigenvalue weighted by Gasteiger charge is 2.68. The largest absolute Gasteiger partial charge is 0.364 e. The van der Waals surface area contributed by atoms with Crippen LogP contribution in [0.15, 0.2) is 36.4 Å². The summed E-state index contributed by atoms with van der Waals surface area (Å²) >= 11 is 0. The lowest BCUT2D eigenvalue weighted by Gasteiger charge is -2.43. The van der Waals surface area contributed by atoms with Crippen LogP contribution in [0.1, 0.15) is 53.6 Å². The fourth-order valence-corrected chi connectivity index (χ4v) is 5.13. The first-order valence-electron chi connectivity index (χ1n) is 8.39. The van der Waals surface area contributed by atoms with Gasteiger partial charge in [-0.25, -0.2) is 0 Å². The highest BCUT2D eigenvalue weighted by atomic mass is 16.5. The fourth-order valence-electron chi connectivity index (χ4n) is 5.13. The van der Waals surface area contributed by atoms with Crippen molar-refractivity contribution in [3.05, 3.63) is 69.8 Å². The quantitative estimate of drug-likeness (QED) is 0.731. The Kier molecular flexibility index (Phi) is 2.76. The van der Waals surface area contributed by atoms with Gasteiger partial charge in [-0.05, 0) is 60.1 Å². The van der Waals surface area contributed by atoms with E-state index in [0.717, 1.165) is 29.5 Å². The van der Waals surface area contributed by atoms with Crippen LogP contribution in [-0.2, 0) is 17.3 Å². The molecule has 4 rings (SSSR count). The van der Waals surface area contributed by atoms with Gasteiger partial charge in [-0.2, -0.15) is 0 Å².